The second-order valence-corrected chi connectivity index (χ2v) is 8.12. The first-order valence-electron chi connectivity index (χ1n) is 9.81. The van der Waals surface area contributed by atoms with Crippen molar-refractivity contribution in [2.75, 3.05) is 24.7 Å². The van der Waals surface area contributed by atoms with E-state index in [2.05, 4.69) is 19.9 Å². The van der Waals surface area contributed by atoms with Gasteiger partial charge < -0.3 is 14.6 Å². The Labute approximate surface area is 167 Å². The number of rotatable bonds is 3. The summed E-state index contributed by atoms with van der Waals surface area (Å²) in [6, 6.07) is 6.09. The normalized spacial score (nSPS) is 22.4. The van der Waals surface area contributed by atoms with E-state index in [0.717, 1.165) is 56.0 Å². The minimum absolute atomic E-state index is 0.104. The van der Waals surface area contributed by atoms with Crippen LogP contribution in [0.4, 0.5) is 10.3 Å². The molecule has 2 aliphatic rings. The molecule has 4 heterocycles. The van der Waals surface area contributed by atoms with E-state index in [9.17, 15) is 4.39 Å². The molecule has 0 saturated carbocycles. The maximum atomic E-state index is 13.4. The molecule has 1 aromatic carbocycles. The Morgan fingerprint density at radius 2 is 2.14 bits per heavy atom. The summed E-state index contributed by atoms with van der Waals surface area (Å²) in [5, 5.41) is 1.93. The van der Waals surface area contributed by atoms with Gasteiger partial charge in [0.15, 0.2) is 5.82 Å². The molecule has 7 heteroatoms. The molecule has 2 aliphatic heterocycles. The molecule has 0 spiro atoms. The van der Waals surface area contributed by atoms with Crippen LogP contribution in [0.25, 0.3) is 10.9 Å². The number of nitrogens with zero attached hydrogens (tertiary/aromatic N) is 3. The number of nitrogens with one attached hydrogen (secondary N) is 1. The summed E-state index contributed by atoms with van der Waals surface area (Å²) in [7, 11) is 0. The summed E-state index contributed by atoms with van der Waals surface area (Å²) in [4.78, 5) is 14.3. The zero-order valence-corrected chi connectivity index (χ0v) is 16.3. The van der Waals surface area contributed by atoms with Gasteiger partial charge in [-0.25, -0.2) is 14.4 Å². The van der Waals surface area contributed by atoms with Crippen molar-refractivity contribution in [2.24, 2.45) is 5.92 Å². The second-order valence-electron chi connectivity index (χ2n) is 7.69. The summed E-state index contributed by atoms with van der Waals surface area (Å²) in [6.45, 7) is 2.43. The number of hydrogen-bond acceptors (Lipinski definition) is 4. The summed E-state index contributed by atoms with van der Waals surface area (Å²) in [5.74, 6) is 0.645. The number of ether oxygens (including phenoxy) is 1. The average molecular weight is 401 g/mol. The Hall–Kier alpha value is -2.18. The van der Waals surface area contributed by atoms with Gasteiger partial charge in [0.1, 0.15) is 0 Å². The maximum Gasteiger partial charge on any atom is 0.226 e. The Morgan fingerprint density at radius 3 is 2.93 bits per heavy atom. The minimum atomic E-state index is -0.418. The van der Waals surface area contributed by atoms with E-state index in [1.807, 2.05) is 18.2 Å². The van der Waals surface area contributed by atoms with Gasteiger partial charge in [0.05, 0.1) is 18.4 Å². The average Bonchev–Trinajstić information content (AvgIpc) is 3.08. The number of anilines is 1. The Kier molecular flexibility index (Phi) is 4.69. The predicted octanol–water partition coefficient (Wildman–Crippen LogP) is 4.67. The van der Waals surface area contributed by atoms with Crippen LogP contribution in [0.15, 0.2) is 30.6 Å². The molecule has 2 atom stereocenters. The lowest BCUT2D eigenvalue weighted by atomic mass is 9.88. The van der Waals surface area contributed by atoms with Crippen molar-refractivity contribution >= 4 is 28.5 Å². The second kappa shape index (κ2) is 7.33. The first-order valence-corrected chi connectivity index (χ1v) is 10.2. The van der Waals surface area contributed by atoms with E-state index in [1.54, 1.807) is 0 Å². The third-order valence-corrected chi connectivity index (χ3v) is 6.12. The number of benzene rings is 1. The molecule has 0 unspecified atom stereocenters. The molecule has 5 rings (SSSR count). The third kappa shape index (κ3) is 3.25. The molecule has 0 aliphatic carbocycles. The number of halogens is 2. The lowest BCUT2D eigenvalue weighted by molar-refractivity contribution is 0.0483. The van der Waals surface area contributed by atoms with Gasteiger partial charge >= 0.3 is 0 Å². The van der Waals surface area contributed by atoms with E-state index in [1.165, 1.54) is 29.0 Å². The summed E-state index contributed by atoms with van der Waals surface area (Å²) in [5.41, 5.74) is 3.61. The van der Waals surface area contributed by atoms with Crippen LogP contribution in [0, 0.1) is 11.7 Å². The molecule has 1 saturated heterocycles. The fourth-order valence-electron chi connectivity index (χ4n) is 4.59. The SMILES string of the molecule is Fc1cnc(N2CCc3c([nH]c4ccc(Cl)cc34)[C@@H]2C[C@@H]2CCCOC2)nc1. The Balaban J connectivity index is 1.56. The van der Waals surface area contributed by atoms with Crippen molar-refractivity contribution in [2.45, 2.75) is 31.7 Å². The quantitative estimate of drug-likeness (QED) is 0.694. The number of H-pyrrole nitrogens is 1. The summed E-state index contributed by atoms with van der Waals surface area (Å²) >= 11 is 6.25. The first kappa shape index (κ1) is 17.9. The topological polar surface area (TPSA) is 54.0 Å². The van der Waals surface area contributed by atoms with Gasteiger partial charge in [-0.15, -0.1) is 0 Å². The molecule has 1 fully saturated rings. The van der Waals surface area contributed by atoms with Crippen LogP contribution in [0.2, 0.25) is 5.02 Å². The van der Waals surface area contributed by atoms with Crippen LogP contribution in [0.1, 0.15) is 36.6 Å². The van der Waals surface area contributed by atoms with Gasteiger partial charge in [-0.1, -0.05) is 11.6 Å². The first-order chi connectivity index (χ1) is 13.7. The molecule has 2 aromatic heterocycles. The number of fused-ring (bicyclic) bond motifs is 3. The predicted molar refractivity (Wildman–Crippen MR) is 107 cm³/mol. The molecular formula is C21H22ClFN4O. The lowest BCUT2D eigenvalue weighted by Crippen LogP contribution is -2.38. The number of aromatic nitrogens is 3. The molecule has 1 N–H and O–H groups in total. The van der Waals surface area contributed by atoms with E-state index >= 15 is 0 Å². The lowest BCUT2D eigenvalue weighted by Gasteiger charge is -2.38. The van der Waals surface area contributed by atoms with Gasteiger partial charge in [-0.05, 0) is 55.4 Å². The molecule has 5 nitrogen and oxygen atoms in total. The van der Waals surface area contributed by atoms with Crippen LogP contribution in [0.3, 0.4) is 0 Å². The largest absolute Gasteiger partial charge is 0.381 e. The minimum Gasteiger partial charge on any atom is -0.381 e. The highest BCUT2D eigenvalue weighted by molar-refractivity contribution is 6.31. The van der Waals surface area contributed by atoms with Crippen molar-refractivity contribution < 1.29 is 9.13 Å². The van der Waals surface area contributed by atoms with Crippen LogP contribution in [-0.2, 0) is 11.2 Å². The smallest absolute Gasteiger partial charge is 0.226 e. The highest BCUT2D eigenvalue weighted by atomic mass is 35.5. The summed E-state index contributed by atoms with van der Waals surface area (Å²) < 4.78 is 19.1. The van der Waals surface area contributed by atoms with E-state index in [-0.39, 0.29) is 6.04 Å². The van der Waals surface area contributed by atoms with Gasteiger partial charge in [0.25, 0.3) is 0 Å². The standard InChI is InChI=1S/C21H22ClFN4O/c22-14-3-4-18-17(9-14)16-5-6-27(21-24-10-15(23)11-25-21)19(20(16)26-18)8-13-2-1-7-28-12-13/h3-4,9-11,13,19,26H,1-2,5-8,12H2/t13-,19-/m0/s1. The maximum absolute atomic E-state index is 13.4. The van der Waals surface area contributed by atoms with Crippen molar-refractivity contribution in [3.05, 3.63) is 52.7 Å². The molecule has 28 heavy (non-hydrogen) atoms. The van der Waals surface area contributed by atoms with Crippen molar-refractivity contribution in [1.29, 1.82) is 0 Å². The third-order valence-electron chi connectivity index (χ3n) is 5.89. The van der Waals surface area contributed by atoms with Crippen LogP contribution < -0.4 is 4.90 Å². The Bertz CT molecular complexity index is 984. The molecular weight excluding hydrogens is 379 g/mol. The molecule has 0 bridgehead atoms. The van der Waals surface area contributed by atoms with E-state index < -0.39 is 5.82 Å². The van der Waals surface area contributed by atoms with E-state index in [0.29, 0.717) is 11.9 Å². The van der Waals surface area contributed by atoms with Crippen molar-refractivity contribution in [3.8, 4) is 0 Å². The highest BCUT2D eigenvalue weighted by Gasteiger charge is 2.34. The fourth-order valence-corrected chi connectivity index (χ4v) is 4.76. The van der Waals surface area contributed by atoms with Crippen molar-refractivity contribution in [3.63, 3.8) is 0 Å². The van der Waals surface area contributed by atoms with Crippen LogP contribution in [-0.4, -0.2) is 34.7 Å². The van der Waals surface area contributed by atoms with Crippen LogP contribution >= 0.6 is 11.6 Å². The highest BCUT2D eigenvalue weighted by Crippen LogP contribution is 2.40. The van der Waals surface area contributed by atoms with Crippen molar-refractivity contribution in [1.82, 2.24) is 15.0 Å². The molecule has 0 amide bonds. The molecule has 146 valence electrons. The van der Waals surface area contributed by atoms with Gasteiger partial charge in [-0.3, -0.25) is 0 Å². The molecule has 3 aromatic rings. The van der Waals surface area contributed by atoms with Gasteiger partial charge in [0.2, 0.25) is 5.95 Å². The van der Waals surface area contributed by atoms with Gasteiger partial charge in [0, 0.05) is 41.4 Å². The fraction of sp³-hybridized carbons (Fsp3) is 0.429. The van der Waals surface area contributed by atoms with Gasteiger partial charge in [-0.2, -0.15) is 0 Å². The molecule has 0 radical (unpaired) electrons. The zero-order valence-electron chi connectivity index (χ0n) is 15.5. The van der Waals surface area contributed by atoms with E-state index in [4.69, 9.17) is 16.3 Å². The number of hydrogen-bond donors (Lipinski definition) is 1. The Morgan fingerprint density at radius 1 is 1.29 bits per heavy atom. The number of aromatic amines is 1. The monoisotopic (exact) mass is 400 g/mol. The summed E-state index contributed by atoms with van der Waals surface area (Å²) in [6.07, 6.45) is 6.56. The van der Waals surface area contributed by atoms with Crippen LogP contribution in [0.5, 0.6) is 0 Å². The zero-order chi connectivity index (χ0) is 19.1.